The smallest absolute Gasteiger partial charge is 0.233 e. The van der Waals surface area contributed by atoms with Gasteiger partial charge in [-0.15, -0.1) is 0 Å². The minimum absolute atomic E-state index is 0.0571. The molecule has 1 aliphatic rings. The molecule has 1 fully saturated rings. The number of nitrogens with zero attached hydrogens (tertiary/aromatic N) is 3. The van der Waals surface area contributed by atoms with Gasteiger partial charge in [-0.25, -0.2) is 4.98 Å². The zero-order valence-corrected chi connectivity index (χ0v) is 12.0. The van der Waals surface area contributed by atoms with Gasteiger partial charge in [-0.3, -0.25) is 4.90 Å². The molecule has 0 spiro atoms. The van der Waals surface area contributed by atoms with Gasteiger partial charge >= 0.3 is 0 Å². The van der Waals surface area contributed by atoms with Crippen LogP contribution in [0, 0.1) is 0 Å². The molecule has 1 saturated heterocycles. The van der Waals surface area contributed by atoms with Gasteiger partial charge in [0.2, 0.25) is 5.88 Å². The lowest BCUT2D eigenvalue weighted by Gasteiger charge is -2.26. The molecule has 7 heteroatoms. The van der Waals surface area contributed by atoms with Crippen LogP contribution in [0.4, 0.5) is 0 Å². The highest BCUT2D eigenvalue weighted by molar-refractivity contribution is 6.35. The Morgan fingerprint density at radius 1 is 1.45 bits per heavy atom. The van der Waals surface area contributed by atoms with E-state index in [4.69, 9.17) is 27.3 Å². The summed E-state index contributed by atoms with van der Waals surface area (Å²) >= 11 is 6.13. The Bertz CT molecular complexity index is 475. The van der Waals surface area contributed by atoms with Crippen molar-refractivity contribution in [3.63, 3.8) is 0 Å². The lowest BCUT2D eigenvalue weighted by Crippen LogP contribution is -2.33. The topological polar surface area (TPSA) is 84.0 Å². The second-order valence-electron chi connectivity index (χ2n) is 4.71. The Labute approximate surface area is 123 Å². The Morgan fingerprint density at radius 2 is 2.20 bits per heavy atom. The molecule has 1 aliphatic heterocycles. The highest BCUT2D eigenvalue weighted by atomic mass is 35.5. The van der Waals surface area contributed by atoms with Crippen LogP contribution in [-0.4, -0.2) is 47.2 Å². The van der Waals surface area contributed by atoms with Crippen LogP contribution in [0.25, 0.3) is 0 Å². The van der Waals surface area contributed by atoms with E-state index in [0.717, 1.165) is 19.6 Å². The first-order valence-electron chi connectivity index (χ1n) is 6.70. The lowest BCUT2D eigenvalue weighted by atomic mass is 10.1. The lowest BCUT2D eigenvalue weighted by molar-refractivity contribution is 0.180. The normalized spacial score (nSPS) is 17.1. The van der Waals surface area contributed by atoms with Crippen LogP contribution in [0.5, 0.6) is 5.88 Å². The zero-order chi connectivity index (χ0) is 14.4. The van der Waals surface area contributed by atoms with Gasteiger partial charge in [-0.05, 0) is 32.0 Å². The summed E-state index contributed by atoms with van der Waals surface area (Å²) in [7, 11) is 0. The van der Waals surface area contributed by atoms with Crippen LogP contribution in [0.2, 0.25) is 5.02 Å². The molecular formula is C13H19ClN4O2. The molecule has 1 aromatic rings. The van der Waals surface area contributed by atoms with E-state index in [1.54, 1.807) is 6.07 Å². The predicted molar refractivity (Wildman–Crippen MR) is 77.5 cm³/mol. The Balaban J connectivity index is 1.92. The van der Waals surface area contributed by atoms with Crippen molar-refractivity contribution in [2.75, 3.05) is 26.2 Å². The summed E-state index contributed by atoms with van der Waals surface area (Å²) in [5.74, 6) is 0.256. The second-order valence-corrected chi connectivity index (χ2v) is 5.09. The molecular weight excluding hydrogens is 280 g/mol. The summed E-state index contributed by atoms with van der Waals surface area (Å²) in [5, 5.41) is 11.9. The number of hydrogen-bond acceptors (Lipinski definition) is 5. The number of hydrogen-bond donors (Lipinski definition) is 2. The minimum atomic E-state index is -0.0571. The van der Waals surface area contributed by atoms with E-state index in [-0.39, 0.29) is 10.9 Å². The van der Waals surface area contributed by atoms with Crippen LogP contribution in [0.15, 0.2) is 17.4 Å². The molecule has 20 heavy (non-hydrogen) atoms. The van der Waals surface area contributed by atoms with Crippen LogP contribution >= 0.6 is 11.6 Å². The van der Waals surface area contributed by atoms with Crippen LogP contribution in [0.3, 0.4) is 0 Å². The van der Waals surface area contributed by atoms with Crippen molar-refractivity contribution in [2.45, 2.75) is 19.3 Å². The molecule has 0 unspecified atom stereocenters. The summed E-state index contributed by atoms with van der Waals surface area (Å²) in [6.45, 7) is 3.61. The van der Waals surface area contributed by atoms with Crippen LogP contribution in [0.1, 0.15) is 24.8 Å². The van der Waals surface area contributed by atoms with E-state index < -0.39 is 0 Å². The molecule has 0 radical (unpaired) electrons. The molecule has 0 saturated carbocycles. The largest absolute Gasteiger partial charge is 0.475 e. The van der Waals surface area contributed by atoms with Gasteiger partial charge in [0.15, 0.2) is 5.84 Å². The number of nitrogens with two attached hydrogens (primary N) is 1. The standard InChI is InChI=1S/C13H19ClN4O2/c14-11-10(12(15)17-19)4-5-16-13(11)20-9-8-18-6-2-1-3-7-18/h4-5,19H,1-3,6-9H2,(H2,15,17). The monoisotopic (exact) mass is 298 g/mol. The third-order valence-electron chi connectivity index (χ3n) is 3.34. The number of rotatable bonds is 5. The average molecular weight is 299 g/mol. The van der Waals surface area contributed by atoms with Crippen molar-refractivity contribution in [3.05, 3.63) is 22.8 Å². The number of likely N-dealkylation sites (tertiary alicyclic amines) is 1. The number of ether oxygens (including phenoxy) is 1. The zero-order valence-electron chi connectivity index (χ0n) is 11.3. The maximum atomic E-state index is 8.69. The highest BCUT2D eigenvalue weighted by Gasteiger charge is 2.13. The average Bonchev–Trinajstić information content (AvgIpc) is 2.49. The summed E-state index contributed by atoms with van der Waals surface area (Å²) in [4.78, 5) is 6.44. The van der Waals surface area contributed by atoms with Crippen molar-refractivity contribution in [3.8, 4) is 5.88 Å². The van der Waals surface area contributed by atoms with E-state index in [1.165, 1.54) is 25.5 Å². The van der Waals surface area contributed by atoms with Gasteiger partial charge in [0.05, 0.1) is 0 Å². The van der Waals surface area contributed by atoms with E-state index in [2.05, 4.69) is 15.0 Å². The minimum Gasteiger partial charge on any atom is -0.475 e. The highest BCUT2D eigenvalue weighted by Crippen LogP contribution is 2.25. The summed E-state index contributed by atoms with van der Waals surface area (Å²) in [6, 6.07) is 1.58. The van der Waals surface area contributed by atoms with Gasteiger partial charge in [0, 0.05) is 18.3 Å². The Kier molecular flexibility index (Phi) is 5.43. The first kappa shape index (κ1) is 14.9. The number of amidine groups is 1. The Morgan fingerprint density at radius 3 is 2.90 bits per heavy atom. The molecule has 2 heterocycles. The fourth-order valence-corrected chi connectivity index (χ4v) is 2.49. The third kappa shape index (κ3) is 3.74. The van der Waals surface area contributed by atoms with Crippen molar-refractivity contribution in [1.82, 2.24) is 9.88 Å². The van der Waals surface area contributed by atoms with Gasteiger partial charge in [-0.1, -0.05) is 23.2 Å². The molecule has 0 aliphatic carbocycles. The first-order valence-corrected chi connectivity index (χ1v) is 7.07. The molecule has 0 aromatic carbocycles. The third-order valence-corrected chi connectivity index (χ3v) is 3.70. The van der Waals surface area contributed by atoms with E-state index in [9.17, 15) is 0 Å². The van der Waals surface area contributed by atoms with Crippen LogP contribution in [-0.2, 0) is 0 Å². The first-order chi connectivity index (χ1) is 9.72. The molecule has 6 nitrogen and oxygen atoms in total. The second kappa shape index (κ2) is 7.31. The van der Waals surface area contributed by atoms with Crippen LogP contribution < -0.4 is 10.5 Å². The van der Waals surface area contributed by atoms with Gasteiger partial charge in [0.1, 0.15) is 11.6 Å². The van der Waals surface area contributed by atoms with Crippen molar-refractivity contribution in [1.29, 1.82) is 0 Å². The fourth-order valence-electron chi connectivity index (χ4n) is 2.23. The van der Waals surface area contributed by atoms with Crippen molar-refractivity contribution in [2.24, 2.45) is 10.9 Å². The quantitative estimate of drug-likeness (QED) is 0.374. The number of oxime groups is 1. The SMILES string of the molecule is N/C(=N/O)c1ccnc(OCCN2CCCCC2)c1Cl. The molecule has 1 aromatic heterocycles. The number of piperidine rings is 1. The number of pyridine rings is 1. The Hall–Kier alpha value is -1.53. The van der Waals surface area contributed by atoms with E-state index in [0.29, 0.717) is 18.1 Å². The van der Waals surface area contributed by atoms with Gasteiger partial charge < -0.3 is 15.7 Å². The van der Waals surface area contributed by atoms with E-state index >= 15 is 0 Å². The molecule has 0 amide bonds. The maximum Gasteiger partial charge on any atom is 0.233 e. The number of halogens is 1. The van der Waals surface area contributed by atoms with Crippen molar-refractivity contribution >= 4 is 17.4 Å². The summed E-state index contributed by atoms with van der Waals surface area (Å²) < 4.78 is 5.60. The fraction of sp³-hybridized carbons (Fsp3) is 0.538. The molecule has 0 atom stereocenters. The summed E-state index contributed by atoms with van der Waals surface area (Å²) in [5.41, 5.74) is 5.95. The van der Waals surface area contributed by atoms with Crippen molar-refractivity contribution < 1.29 is 9.94 Å². The predicted octanol–water partition coefficient (Wildman–Crippen LogP) is 1.69. The molecule has 2 rings (SSSR count). The number of aromatic nitrogens is 1. The molecule has 110 valence electrons. The molecule has 0 bridgehead atoms. The van der Waals surface area contributed by atoms with Gasteiger partial charge in [0.25, 0.3) is 0 Å². The summed E-state index contributed by atoms with van der Waals surface area (Å²) in [6.07, 6.45) is 5.33. The molecule has 3 N–H and O–H groups in total. The maximum absolute atomic E-state index is 8.69. The van der Waals surface area contributed by atoms with E-state index in [1.807, 2.05) is 0 Å². The van der Waals surface area contributed by atoms with Gasteiger partial charge in [-0.2, -0.15) is 0 Å².